The fourth-order valence-corrected chi connectivity index (χ4v) is 5.02. The minimum Gasteiger partial charge on any atom is -0.381 e. The molecule has 204 valence electrons. The molecule has 2 amide bonds. The number of fused-ring (bicyclic) bond motifs is 2. The van der Waals surface area contributed by atoms with Crippen LogP contribution in [0.3, 0.4) is 0 Å². The van der Waals surface area contributed by atoms with Crippen LogP contribution in [-0.4, -0.2) is 54.0 Å². The Morgan fingerprint density at radius 3 is 2.73 bits per heavy atom. The van der Waals surface area contributed by atoms with Gasteiger partial charge in [0.1, 0.15) is 11.4 Å². The first-order valence-electron chi connectivity index (χ1n) is 13.2. The molecule has 0 saturated carbocycles. The Morgan fingerprint density at radius 2 is 1.95 bits per heavy atom. The number of hydrogen-bond acceptors (Lipinski definition) is 7. The number of hydrogen-bond donors (Lipinski definition) is 2. The van der Waals surface area contributed by atoms with Crippen LogP contribution < -0.4 is 16.6 Å². The minimum atomic E-state index is -0.700. The van der Waals surface area contributed by atoms with Crippen LogP contribution in [-0.2, 0) is 4.79 Å². The number of carbonyl (C=O) groups is 2. The van der Waals surface area contributed by atoms with Crippen LogP contribution in [0.4, 0.5) is 5.82 Å². The number of benzene rings is 2. The summed E-state index contributed by atoms with van der Waals surface area (Å²) in [6, 6.07) is 15.4. The summed E-state index contributed by atoms with van der Waals surface area (Å²) >= 11 is 0. The highest BCUT2D eigenvalue weighted by atomic mass is 16.2. The Hall–Kier alpha value is -5.50. The molecular weight excluding hydrogens is 520 g/mol. The SMILES string of the molecule is C[C@@H](NC(=O)c1c(N)nn2cccnc12)c1nc2cccc(C#CCN3CCCC3=O)c2c(=O)n1-c1ccccc1. The van der Waals surface area contributed by atoms with Crippen molar-refractivity contribution in [3.05, 3.63) is 94.3 Å². The lowest BCUT2D eigenvalue weighted by Crippen LogP contribution is -2.33. The zero-order chi connectivity index (χ0) is 28.5. The molecule has 6 rings (SSSR count). The third kappa shape index (κ3) is 4.76. The molecule has 0 aliphatic carbocycles. The average Bonchev–Trinajstić information content (AvgIpc) is 3.54. The molecule has 0 spiro atoms. The highest BCUT2D eigenvalue weighted by Crippen LogP contribution is 2.22. The maximum Gasteiger partial charge on any atom is 0.267 e. The number of nitrogens with zero attached hydrogens (tertiary/aromatic N) is 6. The van der Waals surface area contributed by atoms with Crippen molar-refractivity contribution in [2.24, 2.45) is 0 Å². The zero-order valence-electron chi connectivity index (χ0n) is 22.2. The lowest BCUT2D eigenvalue weighted by molar-refractivity contribution is -0.127. The first kappa shape index (κ1) is 25.8. The highest BCUT2D eigenvalue weighted by Gasteiger charge is 2.25. The molecule has 4 heterocycles. The molecule has 1 aliphatic heterocycles. The molecule has 0 unspecified atom stereocenters. The summed E-state index contributed by atoms with van der Waals surface area (Å²) in [7, 11) is 0. The van der Waals surface area contributed by atoms with Crippen molar-refractivity contribution in [1.29, 1.82) is 0 Å². The van der Waals surface area contributed by atoms with Gasteiger partial charge in [0.2, 0.25) is 5.91 Å². The van der Waals surface area contributed by atoms with Gasteiger partial charge in [-0.2, -0.15) is 0 Å². The first-order valence-corrected chi connectivity index (χ1v) is 13.2. The number of anilines is 1. The summed E-state index contributed by atoms with van der Waals surface area (Å²) in [4.78, 5) is 50.3. The van der Waals surface area contributed by atoms with Gasteiger partial charge in [-0.1, -0.05) is 36.1 Å². The summed E-state index contributed by atoms with van der Waals surface area (Å²) < 4.78 is 2.92. The number of aromatic nitrogens is 5. The summed E-state index contributed by atoms with van der Waals surface area (Å²) in [5.41, 5.74) is 7.74. The van der Waals surface area contributed by atoms with E-state index in [0.29, 0.717) is 53.1 Å². The van der Waals surface area contributed by atoms with Gasteiger partial charge >= 0.3 is 0 Å². The van der Waals surface area contributed by atoms with Gasteiger partial charge in [0.05, 0.1) is 29.2 Å². The second kappa shape index (κ2) is 10.6. The topological polar surface area (TPSA) is 141 Å². The number of nitrogens with two attached hydrogens (primary N) is 1. The van der Waals surface area contributed by atoms with E-state index in [0.717, 1.165) is 6.42 Å². The van der Waals surface area contributed by atoms with Crippen LogP contribution in [0.2, 0.25) is 0 Å². The Kier molecular flexibility index (Phi) is 6.65. The van der Waals surface area contributed by atoms with E-state index in [4.69, 9.17) is 10.7 Å². The molecule has 1 saturated heterocycles. The predicted molar refractivity (Wildman–Crippen MR) is 153 cm³/mol. The average molecular weight is 547 g/mol. The van der Waals surface area contributed by atoms with E-state index in [2.05, 4.69) is 27.2 Å². The van der Waals surface area contributed by atoms with Gasteiger partial charge in [0.15, 0.2) is 11.5 Å². The molecule has 11 heteroatoms. The van der Waals surface area contributed by atoms with E-state index in [1.54, 1.807) is 60.6 Å². The summed E-state index contributed by atoms with van der Waals surface area (Å²) in [5, 5.41) is 7.44. The van der Waals surface area contributed by atoms with E-state index < -0.39 is 11.9 Å². The van der Waals surface area contributed by atoms with Crippen LogP contribution in [0.15, 0.2) is 71.8 Å². The Morgan fingerprint density at radius 1 is 1.12 bits per heavy atom. The number of rotatable bonds is 5. The van der Waals surface area contributed by atoms with E-state index >= 15 is 0 Å². The number of para-hydroxylation sites is 1. The monoisotopic (exact) mass is 546 g/mol. The number of nitrogen functional groups attached to an aromatic ring is 1. The zero-order valence-corrected chi connectivity index (χ0v) is 22.2. The second-order valence-corrected chi connectivity index (χ2v) is 9.71. The van der Waals surface area contributed by atoms with Gasteiger partial charge in [-0.05, 0) is 43.7 Å². The van der Waals surface area contributed by atoms with Crippen molar-refractivity contribution in [3.63, 3.8) is 0 Å². The standard InChI is InChI=1S/C30H26N8O3/c1-19(33-29(40)25-26(31)35-37-18-8-15-32-28(25)37)27-34-22-13-5-9-20(10-6-16-36-17-7-14-23(36)39)24(22)30(41)38(27)21-11-3-2-4-12-21/h2-5,8-9,11-13,15,18-19H,7,14,16-17H2,1H3,(H2,31,35)(H,33,40)/t19-/m1/s1. The fraction of sp³-hybridized carbons (Fsp3) is 0.200. The molecule has 3 N–H and O–H groups in total. The predicted octanol–water partition coefficient (Wildman–Crippen LogP) is 2.48. The molecule has 1 atom stereocenters. The van der Waals surface area contributed by atoms with Crippen LogP contribution in [0.25, 0.3) is 22.2 Å². The molecule has 1 aliphatic rings. The molecule has 2 aromatic carbocycles. The quantitative estimate of drug-likeness (QED) is 0.323. The number of likely N-dealkylation sites (tertiary alicyclic amines) is 1. The largest absolute Gasteiger partial charge is 0.381 e. The van der Waals surface area contributed by atoms with Gasteiger partial charge in [-0.15, -0.1) is 5.10 Å². The minimum absolute atomic E-state index is 0.0409. The molecule has 0 bridgehead atoms. The molecule has 5 aromatic rings. The number of nitrogens with one attached hydrogen (secondary N) is 1. The van der Waals surface area contributed by atoms with Crippen molar-refractivity contribution in [3.8, 4) is 17.5 Å². The molecule has 11 nitrogen and oxygen atoms in total. The molecule has 1 fully saturated rings. The van der Waals surface area contributed by atoms with Gasteiger partial charge in [-0.3, -0.25) is 19.0 Å². The van der Waals surface area contributed by atoms with Crippen molar-refractivity contribution < 1.29 is 9.59 Å². The van der Waals surface area contributed by atoms with Crippen LogP contribution in [0, 0.1) is 11.8 Å². The maximum atomic E-state index is 14.1. The van der Waals surface area contributed by atoms with Crippen LogP contribution in [0.5, 0.6) is 0 Å². The second-order valence-electron chi connectivity index (χ2n) is 9.71. The third-order valence-electron chi connectivity index (χ3n) is 6.99. The molecule has 3 aromatic heterocycles. The first-order chi connectivity index (χ1) is 19.9. The summed E-state index contributed by atoms with van der Waals surface area (Å²) in [6.07, 6.45) is 4.58. The summed E-state index contributed by atoms with van der Waals surface area (Å²) in [5.74, 6) is 6.10. The highest BCUT2D eigenvalue weighted by molar-refractivity contribution is 6.04. The maximum absolute atomic E-state index is 14.1. The van der Waals surface area contributed by atoms with Gasteiger partial charge in [0, 0.05) is 30.9 Å². The van der Waals surface area contributed by atoms with E-state index in [9.17, 15) is 14.4 Å². The number of carbonyl (C=O) groups excluding carboxylic acids is 2. The van der Waals surface area contributed by atoms with Gasteiger partial charge in [-0.25, -0.2) is 14.5 Å². The number of amides is 2. The Balaban J connectivity index is 1.42. The molecule has 0 radical (unpaired) electrons. The Bertz CT molecular complexity index is 1930. The van der Waals surface area contributed by atoms with Crippen LogP contribution in [0.1, 0.15) is 47.6 Å². The van der Waals surface area contributed by atoms with E-state index in [-0.39, 0.29) is 22.8 Å². The van der Waals surface area contributed by atoms with Crippen molar-refractivity contribution in [1.82, 2.24) is 34.4 Å². The Labute approximate surface area is 234 Å². The smallest absolute Gasteiger partial charge is 0.267 e. The summed E-state index contributed by atoms with van der Waals surface area (Å²) in [6.45, 7) is 2.74. The lowest BCUT2D eigenvalue weighted by atomic mass is 10.1. The lowest BCUT2D eigenvalue weighted by Gasteiger charge is -2.20. The normalized spacial score (nSPS) is 13.8. The van der Waals surface area contributed by atoms with E-state index in [1.165, 1.54) is 9.08 Å². The van der Waals surface area contributed by atoms with Crippen LogP contribution >= 0.6 is 0 Å². The molecular formula is C30H26N8O3. The van der Waals surface area contributed by atoms with Crippen molar-refractivity contribution >= 4 is 34.2 Å². The van der Waals surface area contributed by atoms with E-state index in [1.807, 2.05) is 18.2 Å². The van der Waals surface area contributed by atoms with Crippen molar-refractivity contribution in [2.45, 2.75) is 25.8 Å². The third-order valence-corrected chi connectivity index (χ3v) is 6.99. The van der Waals surface area contributed by atoms with Gasteiger partial charge < -0.3 is 16.0 Å². The van der Waals surface area contributed by atoms with Crippen molar-refractivity contribution in [2.75, 3.05) is 18.8 Å². The van der Waals surface area contributed by atoms with Gasteiger partial charge in [0.25, 0.3) is 11.5 Å². The molecule has 41 heavy (non-hydrogen) atoms. The fourth-order valence-electron chi connectivity index (χ4n) is 5.02.